The number of nitrogens with one attached hydrogen (secondary N) is 1. The van der Waals surface area contributed by atoms with E-state index in [0.29, 0.717) is 28.0 Å². The molecule has 1 aliphatic heterocycles. The molecule has 0 atom stereocenters. The average Bonchev–Trinajstić information content (AvgIpc) is 2.92. The molecule has 0 radical (unpaired) electrons. The zero-order chi connectivity index (χ0) is 17.8. The first-order chi connectivity index (χ1) is 12.1. The van der Waals surface area contributed by atoms with Crippen molar-refractivity contribution >= 4 is 50.5 Å². The van der Waals surface area contributed by atoms with Gasteiger partial charge in [0.2, 0.25) is 0 Å². The normalized spacial score (nSPS) is 17.1. The number of aromatic hydroxyl groups is 1. The van der Waals surface area contributed by atoms with E-state index in [2.05, 4.69) is 26.2 Å². The highest BCUT2D eigenvalue weighted by Crippen LogP contribution is 2.37. The second kappa shape index (κ2) is 7.76. The van der Waals surface area contributed by atoms with Crippen LogP contribution in [-0.4, -0.2) is 22.8 Å². The molecule has 2 aromatic carbocycles. The summed E-state index contributed by atoms with van der Waals surface area (Å²) in [4.78, 5) is 17.0. The van der Waals surface area contributed by atoms with Gasteiger partial charge in [-0.3, -0.25) is 4.79 Å². The molecule has 0 bridgehead atoms. The molecular weight excluding hydrogens is 404 g/mol. The topological polar surface area (TPSA) is 70.9 Å². The fraction of sp³-hybridized carbons (Fsp3) is 0.111. The minimum Gasteiger partial charge on any atom is -0.504 e. The highest BCUT2D eigenvalue weighted by Gasteiger charge is 2.24. The third-order valence-electron chi connectivity index (χ3n) is 3.29. The number of para-hydroxylation sites is 1. The second-order valence-electron chi connectivity index (χ2n) is 5.09. The Hall–Kier alpha value is -2.25. The van der Waals surface area contributed by atoms with Crippen molar-refractivity contribution in [3.63, 3.8) is 0 Å². The van der Waals surface area contributed by atoms with Gasteiger partial charge in [-0.2, -0.15) is 0 Å². The number of aliphatic imine (C=N–C) groups is 1. The van der Waals surface area contributed by atoms with E-state index in [1.807, 2.05) is 37.3 Å². The number of rotatable bonds is 4. The van der Waals surface area contributed by atoms with Gasteiger partial charge in [-0.25, -0.2) is 4.99 Å². The van der Waals surface area contributed by atoms with Crippen LogP contribution < -0.4 is 10.1 Å². The van der Waals surface area contributed by atoms with Crippen LogP contribution >= 0.6 is 27.7 Å². The molecular formula is C18H15BrN2O3S. The van der Waals surface area contributed by atoms with Crippen LogP contribution in [0, 0.1) is 0 Å². The Morgan fingerprint density at radius 2 is 2.08 bits per heavy atom. The molecule has 1 saturated heterocycles. The summed E-state index contributed by atoms with van der Waals surface area (Å²) in [6.07, 6.45) is 1.62. The van der Waals surface area contributed by atoms with Gasteiger partial charge < -0.3 is 15.2 Å². The molecule has 2 aromatic rings. The molecule has 3 rings (SSSR count). The second-order valence-corrected chi connectivity index (χ2v) is 7.04. The molecule has 0 unspecified atom stereocenters. The van der Waals surface area contributed by atoms with Crippen molar-refractivity contribution in [2.24, 2.45) is 4.99 Å². The lowest BCUT2D eigenvalue weighted by Crippen LogP contribution is -2.19. The van der Waals surface area contributed by atoms with E-state index in [-0.39, 0.29) is 11.7 Å². The summed E-state index contributed by atoms with van der Waals surface area (Å²) in [6.45, 7) is 2.27. The van der Waals surface area contributed by atoms with E-state index in [4.69, 9.17) is 4.74 Å². The summed E-state index contributed by atoms with van der Waals surface area (Å²) in [6, 6.07) is 12.8. The first kappa shape index (κ1) is 17.6. The average molecular weight is 419 g/mol. The predicted molar refractivity (Wildman–Crippen MR) is 104 cm³/mol. The van der Waals surface area contributed by atoms with Crippen LogP contribution in [0.25, 0.3) is 6.08 Å². The number of halogens is 1. The quantitative estimate of drug-likeness (QED) is 0.719. The highest BCUT2D eigenvalue weighted by molar-refractivity contribution is 9.10. The first-order valence-electron chi connectivity index (χ1n) is 7.56. The van der Waals surface area contributed by atoms with Crippen molar-refractivity contribution in [2.45, 2.75) is 6.92 Å². The van der Waals surface area contributed by atoms with Crippen LogP contribution in [0.2, 0.25) is 0 Å². The summed E-state index contributed by atoms with van der Waals surface area (Å²) in [5, 5.41) is 13.6. The maximum atomic E-state index is 12.2. The summed E-state index contributed by atoms with van der Waals surface area (Å²) >= 11 is 4.61. The molecule has 2 N–H and O–H groups in total. The number of carbonyl (C=O) groups is 1. The van der Waals surface area contributed by atoms with Crippen LogP contribution in [0.5, 0.6) is 11.5 Å². The Morgan fingerprint density at radius 1 is 1.32 bits per heavy atom. The lowest BCUT2D eigenvalue weighted by atomic mass is 10.1. The molecule has 5 nitrogen and oxygen atoms in total. The van der Waals surface area contributed by atoms with Crippen molar-refractivity contribution in [1.29, 1.82) is 0 Å². The highest BCUT2D eigenvalue weighted by atomic mass is 79.9. The standard InChI is InChI=1S/C18H15BrN2O3S/c1-2-24-14-10-12(19)8-11(16(14)22)9-15-17(23)21-18(25-15)20-13-6-4-3-5-7-13/h3-10,22H,2H2,1H3,(H,20,21,23)/b15-9-. The molecule has 1 fully saturated rings. The molecule has 0 aromatic heterocycles. The van der Waals surface area contributed by atoms with E-state index in [9.17, 15) is 9.90 Å². The van der Waals surface area contributed by atoms with Gasteiger partial charge in [-0.1, -0.05) is 34.1 Å². The number of hydrogen-bond donors (Lipinski definition) is 2. The zero-order valence-electron chi connectivity index (χ0n) is 13.3. The molecule has 0 saturated carbocycles. The first-order valence-corrected chi connectivity index (χ1v) is 9.17. The molecule has 128 valence electrons. The molecule has 0 aliphatic carbocycles. The van der Waals surface area contributed by atoms with Crippen molar-refractivity contribution in [2.75, 3.05) is 6.61 Å². The van der Waals surface area contributed by atoms with Crippen molar-refractivity contribution in [3.8, 4) is 11.5 Å². The summed E-state index contributed by atoms with van der Waals surface area (Å²) in [7, 11) is 0. The number of carbonyl (C=O) groups excluding carboxylic acids is 1. The van der Waals surface area contributed by atoms with Crippen molar-refractivity contribution in [1.82, 2.24) is 5.32 Å². The number of benzene rings is 2. The van der Waals surface area contributed by atoms with Gasteiger partial charge in [0.25, 0.3) is 5.91 Å². The van der Waals surface area contributed by atoms with Crippen LogP contribution in [-0.2, 0) is 4.79 Å². The van der Waals surface area contributed by atoms with Gasteiger partial charge in [-0.05, 0) is 49.0 Å². The number of ether oxygens (including phenoxy) is 1. The van der Waals surface area contributed by atoms with Crippen LogP contribution in [0.3, 0.4) is 0 Å². The third kappa shape index (κ3) is 4.24. The van der Waals surface area contributed by atoms with E-state index in [0.717, 1.165) is 10.2 Å². The number of phenols is 1. The Morgan fingerprint density at radius 3 is 2.80 bits per heavy atom. The summed E-state index contributed by atoms with van der Waals surface area (Å²) in [5.74, 6) is 0.113. The maximum Gasteiger partial charge on any atom is 0.264 e. The summed E-state index contributed by atoms with van der Waals surface area (Å²) < 4.78 is 6.16. The van der Waals surface area contributed by atoms with Gasteiger partial charge in [0.1, 0.15) is 0 Å². The number of thioether (sulfide) groups is 1. The number of nitrogens with zero attached hydrogens (tertiary/aromatic N) is 1. The maximum absolute atomic E-state index is 12.2. The van der Waals surface area contributed by atoms with Gasteiger partial charge >= 0.3 is 0 Å². The summed E-state index contributed by atoms with van der Waals surface area (Å²) in [5.41, 5.74) is 1.26. The van der Waals surface area contributed by atoms with Gasteiger partial charge in [0.05, 0.1) is 17.2 Å². The SMILES string of the molecule is CCOc1cc(Br)cc(/C=C2\SC(=Nc3ccccc3)NC2=O)c1O. The van der Waals surface area contributed by atoms with E-state index >= 15 is 0 Å². The molecule has 1 amide bonds. The Labute approximate surface area is 157 Å². The minimum atomic E-state index is -0.253. The van der Waals surface area contributed by atoms with Gasteiger partial charge in [-0.15, -0.1) is 0 Å². The minimum absolute atomic E-state index is 0.000557. The van der Waals surface area contributed by atoms with E-state index in [1.54, 1.807) is 18.2 Å². The lowest BCUT2D eigenvalue weighted by Gasteiger charge is -2.09. The van der Waals surface area contributed by atoms with Gasteiger partial charge in [0.15, 0.2) is 16.7 Å². The lowest BCUT2D eigenvalue weighted by molar-refractivity contribution is -0.115. The van der Waals surface area contributed by atoms with Crippen molar-refractivity contribution < 1.29 is 14.6 Å². The number of hydrogen-bond acceptors (Lipinski definition) is 5. The predicted octanol–water partition coefficient (Wildman–Crippen LogP) is 4.45. The molecule has 25 heavy (non-hydrogen) atoms. The molecule has 0 spiro atoms. The van der Waals surface area contributed by atoms with Gasteiger partial charge in [0, 0.05) is 10.0 Å². The number of amidine groups is 1. The molecule has 1 heterocycles. The van der Waals surface area contributed by atoms with Crippen LogP contribution in [0.15, 0.2) is 56.8 Å². The van der Waals surface area contributed by atoms with Crippen LogP contribution in [0.4, 0.5) is 5.69 Å². The number of phenolic OH excluding ortho intramolecular Hbond substituents is 1. The molecule has 1 aliphatic rings. The largest absolute Gasteiger partial charge is 0.504 e. The Kier molecular flexibility index (Phi) is 5.45. The molecule has 7 heteroatoms. The zero-order valence-corrected chi connectivity index (χ0v) is 15.7. The Bertz CT molecular complexity index is 866. The fourth-order valence-electron chi connectivity index (χ4n) is 2.21. The van der Waals surface area contributed by atoms with Crippen LogP contribution in [0.1, 0.15) is 12.5 Å². The van der Waals surface area contributed by atoms with Crippen molar-refractivity contribution in [3.05, 3.63) is 57.4 Å². The van der Waals surface area contributed by atoms with E-state index in [1.165, 1.54) is 11.8 Å². The monoisotopic (exact) mass is 418 g/mol. The Balaban J connectivity index is 1.90. The van der Waals surface area contributed by atoms with E-state index < -0.39 is 0 Å². The fourth-order valence-corrected chi connectivity index (χ4v) is 3.50. The smallest absolute Gasteiger partial charge is 0.264 e. The third-order valence-corrected chi connectivity index (χ3v) is 4.66. The number of amides is 1.